The molecule has 1 aromatic carbocycles. The summed E-state index contributed by atoms with van der Waals surface area (Å²) in [6.45, 7) is 5.31. The highest BCUT2D eigenvalue weighted by molar-refractivity contribution is 5.73. The number of carbonyl (C=O) groups is 1. The molecule has 7 nitrogen and oxygen atoms in total. The van der Waals surface area contributed by atoms with E-state index in [1.165, 1.54) is 12.8 Å². The lowest BCUT2D eigenvalue weighted by Gasteiger charge is -2.38. The summed E-state index contributed by atoms with van der Waals surface area (Å²) in [4.78, 5) is 14.3. The van der Waals surface area contributed by atoms with Crippen LogP contribution in [0.5, 0.6) is 17.2 Å². The second-order valence-corrected chi connectivity index (χ2v) is 9.33. The van der Waals surface area contributed by atoms with Crippen molar-refractivity contribution >= 4 is 5.91 Å². The van der Waals surface area contributed by atoms with Crippen molar-refractivity contribution in [2.75, 3.05) is 41.0 Å². The van der Waals surface area contributed by atoms with E-state index in [0.29, 0.717) is 23.3 Å². The molecule has 172 valence electrons. The van der Waals surface area contributed by atoms with Gasteiger partial charge in [0.2, 0.25) is 5.91 Å². The average Bonchev–Trinajstić information content (AvgIpc) is 3.50. The van der Waals surface area contributed by atoms with Crippen molar-refractivity contribution in [1.29, 1.82) is 0 Å². The summed E-state index contributed by atoms with van der Waals surface area (Å²) in [7, 11) is 4.98. The molecule has 2 aliphatic carbocycles. The van der Waals surface area contributed by atoms with Gasteiger partial charge >= 0.3 is 0 Å². The second kappa shape index (κ2) is 9.65. The van der Waals surface area contributed by atoms with E-state index in [-0.39, 0.29) is 18.1 Å². The van der Waals surface area contributed by atoms with Gasteiger partial charge in [0.25, 0.3) is 0 Å². The standard InChI is InChI=1S/C24H36N2O5/c1-15(27)25-20-7-17-11-26(12-18(17)8-22(20)31-14-16-5-6-16)13-19-9-23(29-3)24(30-4)10-21(19)28-2/h9-10,16-18,20,22H,5-8,11-14H2,1-4H3,(H,25,27)/t17-,18+,20-,22-/m1/s1. The Hall–Kier alpha value is -1.99. The fourth-order valence-electron chi connectivity index (χ4n) is 5.24. The number of ether oxygens (including phenoxy) is 4. The summed E-state index contributed by atoms with van der Waals surface area (Å²) in [5, 5.41) is 3.17. The highest BCUT2D eigenvalue weighted by atomic mass is 16.5. The molecular formula is C24H36N2O5. The number of hydrogen-bond acceptors (Lipinski definition) is 6. The number of hydrogen-bond donors (Lipinski definition) is 1. The molecule has 0 bridgehead atoms. The minimum absolute atomic E-state index is 0.0355. The van der Waals surface area contributed by atoms with Crippen LogP contribution in [0.1, 0.15) is 38.2 Å². The van der Waals surface area contributed by atoms with E-state index in [1.54, 1.807) is 28.3 Å². The Morgan fingerprint density at radius 1 is 1.00 bits per heavy atom. The van der Waals surface area contributed by atoms with Crippen LogP contribution in [0.25, 0.3) is 0 Å². The Morgan fingerprint density at radius 3 is 2.26 bits per heavy atom. The van der Waals surface area contributed by atoms with E-state index in [2.05, 4.69) is 10.2 Å². The highest BCUT2D eigenvalue weighted by Crippen LogP contribution is 2.41. The largest absolute Gasteiger partial charge is 0.496 e. The third-order valence-corrected chi connectivity index (χ3v) is 7.00. The minimum Gasteiger partial charge on any atom is -0.496 e. The number of amides is 1. The van der Waals surface area contributed by atoms with Crippen molar-refractivity contribution in [3.8, 4) is 17.2 Å². The van der Waals surface area contributed by atoms with Crippen LogP contribution in [0.3, 0.4) is 0 Å². The number of fused-ring (bicyclic) bond motifs is 1. The predicted octanol–water partition coefficient (Wildman–Crippen LogP) is 2.85. The highest BCUT2D eigenvalue weighted by Gasteiger charge is 2.43. The third-order valence-electron chi connectivity index (χ3n) is 7.00. The third kappa shape index (κ3) is 5.26. The fourth-order valence-corrected chi connectivity index (χ4v) is 5.24. The van der Waals surface area contributed by atoms with Gasteiger partial charge in [-0.3, -0.25) is 9.69 Å². The molecule has 1 N–H and O–H groups in total. The van der Waals surface area contributed by atoms with Crippen LogP contribution in [0, 0.1) is 17.8 Å². The fraction of sp³-hybridized carbons (Fsp3) is 0.708. The van der Waals surface area contributed by atoms with Gasteiger partial charge in [-0.1, -0.05) is 0 Å². The second-order valence-electron chi connectivity index (χ2n) is 9.33. The van der Waals surface area contributed by atoms with Crippen LogP contribution >= 0.6 is 0 Å². The molecule has 0 aromatic heterocycles. The first kappa shape index (κ1) is 22.2. The van der Waals surface area contributed by atoms with Gasteiger partial charge in [0.05, 0.1) is 33.5 Å². The molecule has 3 fully saturated rings. The first-order chi connectivity index (χ1) is 15.0. The van der Waals surface area contributed by atoms with Crippen molar-refractivity contribution < 1.29 is 23.7 Å². The molecule has 1 amide bonds. The van der Waals surface area contributed by atoms with Crippen LogP contribution in [0.4, 0.5) is 0 Å². The van der Waals surface area contributed by atoms with E-state index < -0.39 is 0 Å². The lowest BCUT2D eigenvalue weighted by Crippen LogP contribution is -2.50. The SMILES string of the molecule is COc1cc(OC)c(OC)cc1CN1C[C@H]2C[C@@H](NC(C)=O)[C@H](OCC3CC3)C[C@H]2C1. The van der Waals surface area contributed by atoms with E-state index in [1.807, 2.05) is 12.1 Å². The molecule has 7 heteroatoms. The maximum atomic E-state index is 11.8. The molecule has 4 atom stereocenters. The lowest BCUT2D eigenvalue weighted by molar-refractivity contribution is -0.122. The summed E-state index contributed by atoms with van der Waals surface area (Å²) in [6.07, 6.45) is 4.69. The number of benzene rings is 1. The molecule has 1 aliphatic heterocycles. The smallest absolute Gasteiger partial charge is 0.217 e. The maximum Gasteiger partial charge on any atom is 0.217 e. The van der Waals surface area contributed by atoms with Gasteiger partial charge in [-0.05, 0) is 49.5 Å². The van der Waals surface area contributed by atoms with Crippen LogP contribution in [0.15, 0.2) is 12.1 Å². The summed E-state index contributed by atoms with van der Waals surface area (Å²) in [6, 6.07) is 4.03. The van der Waals surface area contributed by atoms with E-state index in [0.717, 1.165) is 56.3 Å². The molecule has 0 radical (unpaired) electrons. The van der Waals surface area contributed by atoms with Gasteiger partial charge in [-0.25, -0.2) is 0 Å². The number of carbonyl (C=O) groups excluding carboxylic acids is 1. The molecule has 0 unspecified atom stereocenters. The van der Waals surface area contributed by atoms with Crippen molar-refractivity contribution in [1.82, 2.24) is 10.2 Å². The zero-order chi connectivity index (χ0) is 22.0. The van der Waals surface area contributed by atoms with Crippen molar-refractivity contribution in [3.05, 3.63) is 17.7 Å². The van der Waals surface area contributed by atoms with Crippen molar-refractivity contribution in [3.63, 3.8) is 0 Å². The first-order valence-corrected chi connectivity index (χ1v) is 11.4. The molecule has 2 saturated carbocycles. The summed E-state index contributed by atoms with van der Waals surface area (Å²) >= 11 is 0. The Labute approximate surface area is 185 Å². The molecule has 3 aliphatic rings. The van der Waals surface area contributed by atoms with Gasteiger partial charge in [-0.15, -0.1) is 0 Å². The summed E-state index contributed by atoms with van der Waals surface area (Å²) in [5.74, 6) is 4.14. The number of rotatable bonds is 9. The molecule has 0 spiro atoms. The Bertz CT molecular complexity index is 781. The van der Waals surface area contributed by atoms with Crippen LogP contribution in [-0.2, 0) is 16.1 Å². The topological polar surface area (TPSA) is 69.3 Å². The van der Waals surface area contributed by atoms with Crippen molar-refractivity contribution in [2.24, 2.45) is 17.8 Å². The van der Waals surface area contributed by atoms with Crippen molar-refractivity contribution in [2.45, 2.75) is 51.3 Å². The predicted molar refractivity (Wildman–Crippen MR) is 118 cm³/mol. The zero-order valence-corrected chi connectivity index (χ0v) is 19.2. The average molecular weight is 433 g/mol. The minimum atomic E-state index is 0.0355. The molecule has 31 heavy (non-hydrogen) atoms. The van der Waals surface area contributed by atoms with Gasteiger partial charge < -0.3 is 24.3 Å². The number of likely N-dealkylation sites (tertiary alicyclic amines) is 1. The first-order valence-electron chi connectivity index (χ1n) is 11.4. The van der Waals surface area contributed by atoms with Crippen LogP contribution in [0.2, 0.25) is 0 Å². The molecular weight excluding hydrogens is 396 g/mol. The summed E-state index contributed by atoms with van der Waals surface area (Å²) < 4.78 is 22.8. The Morgan fingerprint density at radius 2 is 1.65 bits per heavy atom. The molecule has 4 rings (SSSR count). The monoisotopic (exact) mass is 432 g/mol. The van der Waals surface area contributed by atoms with E-state index in [9.17, 15) is 4.79 Å². The Kier molecular flexibility index (Phi) is 6.92. The van der Waals surface area contributed by atoms with E-state index in [4.69, 9.17) is 18.9 Å². The molecule has 1 saturated heterocycles. The van der Waals surface area contributed by atoms with Crippen LogP contribution in [-0.4, -0.2) is 64.0 Å². The maximum absolute atomic E-state index is 11.8. The molecule has 1 aromatic rings. The van der Waals surface area contributed by atoms with Gasteiger partial charge in [-0.2, -0.15) is 0 Å². The zero-order valence-electron chi connectivity index (χ0n) is 19.2. The van der Waals surface area contributed by atoms with Gasteiger partial charge in [0, 0.05) is 44.8 Å². The molecule has 1 heterocycles. The number of nitrogens with zero attached hydrogens (tertiary/aromatic N) is 1. The lowest BCUT2D eigenvalue weighted by atomic mass is 9.77. The van der Waals surface area contributed by atoms with Gasteiger partial charge in [0.1, 0.15) is 5.75 Å². The Balaban J connectivity index is 1.43. The quantitative estimate of drug-likeness (QED) is 0.647. The van der Waals surface area contributed by atoms with E-state index >= 15 is 0 Å². The normalized spacial score (nSPS) is 28.1. The number of nitrogens with one attached hydrogen (secondary N) is 1. The summed E-state index contributed by atoms with van der Waals surface area (Å²) in [5.41, 5.74) is 1.10. The van der Waals surface area contributed by atoms with Crippen LogP contribution < -0.4 is 19.5 Å². The van der Waals surface area contributed by atoms with Gasteiger partial charge in [0.15, 0.2) is 11.5 Å². The number of methoxy groups -OCH3 is 3.